The Hall–Kier alpha value is 0.220. The minimum absolute atomic E-state index is 0.183. The van der Waals surface area contributed by atoms with E-state index in [1.807, 2.05) is 6.92 Å². The molecule has 36 valence electrons. The van der Waals surface area contributed by atoms with Crippen molar-refractivity contribution in [3.05, 3.63) is 0 Å². The van der Waals surface area contributed by atoms with Crippen LogP contribution in [0, 0.1) is 11.3 Å². The molecule has 0 aromatic carbocycles. The van der Waals surface area contributed by atoms with Gasteiger partial charge in [-0.3, -0.25) is 0 Å². The molecule has 0 rings (SSSR count). The summed E-state index contributed by atoms with van der Waals surface area (Å²) in [5.41, 5.74) is 0. The van der Waals surface area contributed by atoms with Crippen LogP contribution in [0.3, 0.4) is 0 Å². The molecule has 0 N–H and O–H groups in total. The van der Waals surface area contributed by atoms with Crippen molar-refractivity contribution in [2.75, 3.05) is 4.93 Å². The van der Waals surface area contributed by atoms with Gasteiger partial charge in [-0.05, 0) is 0 Å². The first-order valence-corrected chi connectivity index (χ1v) is 5.09. The van der Waals surface area contributed by atoms with E-state index in [0.717, 1.165) is 0 Å². The minimum atomic E-state index is 0.183. The maximum atomic E-state index is 8.11. The van der Waals surface area contributed by atoms with Crippen LogP contribution in [-0.4, -0.2) is 8.86 Å². The summed E-state index contributed by atoms with van der Waals surface area (Å²) >= 11 is 0.183. The first kappa shape index (κ1) is 6.22. The molecule has 0 aliphatic carbocycles. The fraction of sp³-hybridized carbons (Fsp3) is 0.750. The Morgan fingerprint density at radius 2 is 2.33 bits per heavy atom. The quantitative estimate of drug-likeness (QED) is 0.339. The van der Waals surface area contributed by atoms with Gasteiger partial charge in [0.2, 0.25) is 0 Å². The average molecular weight is 196 g/mol. The number of rotatable bonds is 1. The zero-order chi connectivity index (χ0) is 4.99. The van der Waals surface area contributed by atoms with Gasteiger partial charge in [0.05, 0.1) is 0 Å². The molecule has 1 nitrogen and oxygen atoms in total. The van der Waals surface area contributed by atoms with Gasteiger partial charge in [-0.25, -0.2) is 0 Å². The third kappa shape index (κ3) is 2.46. The maximum absolute atomic E-state index is 8.11. The molecule has 0 bridgehead atoms. The fourth-order valence-electron chi connectivity index (χ4n) is 0.0488. The third-order valence-electron chi connectivity index (χ3n) is 0.505. The van der Waals surface area contributed by atoms with Crippen molar-refractivity contribution in [3.8, 4) is 6.07 Å². The number of hydrogen-bond donors (Lipinski definition) is 0. The zero-order valence-electron chi connectivity index (χ0n) is 3.90. The normalized spacial score (nSPS) is 13.5. The van der Waals surface area contributed by atoms with E-state index in [1.165, 1.54) is 0 Å². The van der Waals surface area contributed by atoms with Crippen molar-refractivity contribution in [3.63, 3.8) is 0 Å². The van der Waals surface area contributed by atoms with E-state index >= 15 is 0 Å². The molecule has 0 aliphatic rings. The molecule has 0 saturated heterocycles. The van der Waals surface area contributed by atoms with Crippen molar-refractivity contribution in [2.45, 2.75) is 10.8 Å². The molecule has 0 heterocycles. The molecule has 0 aliphatic heterocycles. The number of nitriles is 1. The van der Waals surface area contributed by atoms with Gasteiger partial charge in [0.1, 0.15) is 0 Å². The molecule has 0 aromatic rings. The van der Waals surface area contributed by atoms with E-state index in [-0.39, 0.29) is 21.2 Å². The molecule has 1 unspecified atom stereocenters. The SMILES string of the molecule is C[I-]C(C)C#N. The van der Waals surface area contributed by atoms with Crippen LogP contribution in [0.25, 0.3) is 0 Å². The second-order valence-corrected chi connectivity index (χ2v) is 4.08. The molecule has 0 spiro atoms. The predicted octanol–water partition coefficient (Wildman–Crippen LogP) is -2.38. The number of hydrogen-bond acceptors (Lipinski definition) is 1. The van der Waals surface area contributed by atoms with Crippen molar-refractivity contribution in [1.29, 1.82) is 5.26 Å². The van der Waals surface area contributed by atoms with E-state index in [4.69, 9.17) is 5.26 Å². The van der Waals surface area contributed by atoms with E-state index in [2.05, 4.69) is 11.0 Å². The molecule has 1 atom stereocenters. The van der Waals surface area contributed by atoms with Crippen LogP contribution < -0.4 is 21.2 Å². The average Bonchev–Trinajstić information content (AvgIpc) is 1.65. The fourth-order valence-corrected chi connectivity index (χ4v) is 0.327. The van der Waals surface area contributed by atoms with Crippen LogP contribution in [0.15, 0.2) is 0 Å². The second kappa shape index (κ2) is 3.41. The standard InChI is InChI=1S/C4H7IN/c1-4(3-6)5-2/h4H,1-2H3/q-1. The molecule has 0 amide bonds. The Labute approximate surface area is 48.6 Å². The zero-order valence-corrected chi connectivity index (χ0v) is 6.06. The molecular formula is C4H7IN-. The number of alkyl halides is 2. The summed E-state index contributed by atoms with van der Waals surface area (Å²) in [6.07, 6.45) is 0. The Balaban J connectivity index is 3.04. The Bertz CT molecular complexity index is 64.4. The van der Waals surface area contributed by atoms with Gasteiger partial charge in [0.25, 0.3) is 0 Å². The van der Waals surface area contributed by atoms with Crippen LogP contribution in [0.2, 0.25) is 0 Å². The van der Waals surface area contributed by atoms with E-state index in [9.17, 15) is 0 Å². The Kier molecular flexibility index (Phi) is 3.54. The topological polar surface area (TPSA) is 23.8 Å². The number of nitrogens with zero attached hydrogens (tertiary/aromatic N) is 1. The van der Waals surface area contributed by atoms with Gasteiger partial charge in [0, 0.05) is 0 Å². The summed E-state index contributed by atoms with van der Waals surface area (Å²) in [4.78, 5) is 2.12. The summed E-state index contributed by atoms with van der Waals surface area (Å²) < 4.78 is 0.351. The first-order valence-electron chi connectivity index (χ1n) is 1.69. The molecule has 6 heavy (non-hydrogen) atoms. The van der Waals surface area contributed by atoms with Crippen LogP contribution in [0.5, 0.6) is 0 Å². The van der Waals surface area contributed by atoms with Gasteiger partial charge in [-0.15, -0.1) is 0 Å². The van der Waals surface area contributed by atoms with Gasteiger partial charge < -0.3 is 0 Å². The van der Waals surface area contributed by atoms with Gasteiger partial charge in [-0.1, -0.05) is 0 Å². The van der Waals surface area contributed by atoms with Crippen molar-refractivity contribution < 1.29 is 21.2 Å². The Morgan fingerprint density at radius 1 is 1.83 bits per heavy atom. The number of halogens is 1. The van der Waals surface area contributed by atoms with Crippen molar-refractivity contribution in [1.82, 2.24) is 0 Å². The summed E-state index contributed by atoms with van der Waals surface area (Å²) in [6.45, 7) is 1.97. The molecular weight excluding hydrogens is 189 g/mol. The summed E-state index contributed by atoms with van der Waals surface area (Å²) in [5, 5.41) is 8.11. The van der Waals surface area contributed by atoms with Crippen molar-refractivity contribution in [2.24, 2.45) is 0 Å². The van der Waals surface area contributed by atoms with Gasteiger partial charge in [-0.2, -0.15) is 0 Å². The van der Waals surface area contributed by atoms with E-state index in [1.54, 1.807) is 0 Å². The molecule has 2 heteroatoms. The van der Waals surface area contributed by atoms with Crippen LogP contribution in [0.1, 0.15) is 6.92 Å². The first-order chi connectivity index (χ1) is 2.81. The summed E-state index contributed by atoms with van der Waals surface area (Å²) in [6, 6.07) is 2.16. The van der Waals surface area contributed by atoms with Crippen LogP contribution in [-0.2, 0) is 0 Å². The third-order valence-corrected chi connectivity index (χ3v) is 2.65. The summed E-state index contributed by atoms with van der Waals surface area (Å²) in [5.74, 6) is 0. The monoisotopic (exact) mass is 196 g/mol. The summed E-state index contributed by atoms with van der Waals surface area (Å²) in [7, 11) is 0. The van der Waals surface area contributed by atoms with Gasteiger partial charge in [0.15, 0.2) is 0 Å². The van der Waals surface area contributed by atoms with E-state index in [0.29, 0.717) is 3.92 Å². The van der Waals surface area contributed by atoms with E-state index < -0.39 is 0 Å². The predicted molar refractivity (Wildman–Crippen MR) is 21.0 cm³/mol. The second-order valence-electron chi connectivity index (χ2n) is 0.963. The molecule has 0 saturated carbocycles. The van der Waals surface area contributed by atoms with Crippen molar-refractivity contribution >= 4 is 0 Å². The van der Waals surface area contributed by atoms with Crippen LogP contribution >= 0.6 is 0 Å². The molecule has 0 fully saturated rings. The molecule has 0 aromatic heterocycles. The Morgan fingerprint density at radius 3 is 2.33 bits per heavy atom. The van der Waals surface area contributed by atoms with Gasteiger partial charge >= 0.3 is 48.3 Å². The van der Waals surface area contributed by atoms with Crippen LogP contribution in [0.4, 0.5) is 0 Å². The molecule has 0 radical (unpaired) electrons.